The molecule has 1 fully saturated rings. The van der Waals surface area contributed by atoms with Crippen molar-refractivity contribution in [3.63, 3.8) is 0 Å². The topological polar surface area (TPSA) is 24.4 Å². The number of hydrogen-bond donors (Lipinski definition) is 1. The Balaban J connectivity index is 1.72. The fraction of sp³-hybridized carbons (Fsp3) is 0.562. The van der Waals surface area contributed by atoms with Crippen molar-refractivity contribution in [1.82, 2.24) is 0 Å². The number of anilines is 1. The molecule has 2 unspecified atom stereocenters. The van der Waals surface area contributed by atoms with E-state index in [9.17, 15) is 0 Å². The second-order valence-corrected chi connectivity index (χ2v) is 6.79. The zero-order chi connectivity index (χ0) is 13.2. The molecule has 0 saturated heterocycles. The summed E-state index contributed by atoms with van der Waals surface area (Å²) in [4.78, 5) is 4.92. The van der Waals surface area contributed by atoms with Gasteiger partial charge >= 0.3 is 0 Å². The molecule has 0 bridgehead atoms. The van der Waals surface area contributed by atoms with Crippen molar-refractivity contribution in [2.45, 2.75) is 45.6 Å². The Kier molecular flexibility index (Phi) is 3.83. The van der Waals surface area contributed by atoms with Gasteiger partial charge in [0.1, 0.15) is 0 Å². The zero-order valence-electron chi connectivity index (χ0n) is 11.8. The average molecular weight is 274 g/mol. The van der Waals surface area contributed by atoms with Crippen molar-refractivity contribution in [3.8, 4) is 0 Å². The third kappa shape index (κ3) is 2.97. The number of aryl methyl sites for hydroxylation is 2. The lowest BCUT2D eigenvalue weighted by molar-refractivity contribution is 0.336. The first-order valence-corrected chi connectivity index (χ1v) is 8.26. The van der Waals surface area contributed by atoms with E-state index >= 15 is 0 Å². The lowest BCUT2D eigenvalue weighted by atomic mass is 9.86. The molecule has 1 aliphatic carbocycles. The van der Waals surface area contributed by atoms with Crippen LogP contribution in [0.3, 0.4) is 0 Å². The van der Waals surface area contributed by atoms with Crippen LogP contribution >= 0.6 is 11.8 Å². The standard InChI is InChI=1S/C16H22N2S/c1-11-7-8-14(9-12(11)2)17-16-18-15-6-4-3-5-13(15)10-19-16/h7-9,13,15H,3-6,10H2,1-2H3,(H,17,18). The van der Waals surface area contributed by atoms with Crippen LogP contribution in [-0.4, -0.2) is 17.0 Å². The largest absolute Gasteiger partial charge is 0.335 e. The van der Waals surface area contributed by atoms with Gasteiger partial charge in [0.2, 0.25) is 0 Å². The van der Waals surface area contributed by atoms with Gasteiger partial charge in [-0.25, -0.2) is 0 Å². The summed E-state index contributed by atoms with van der Waals surface area (Å²) in [6.07, 6.45) is 5.41. The summed E-state index contributed by atoms with van der Waals surface area (Å²) < 4.78 is 0. The third-order valence-corrected chi connectivity index (χ3v) is 5.42. The van der Waals surface area contributed by atoms with Crippen molar-refractivity contribution in [1.29, 1.82) is 0 Å². The summed E-state index contributed by atoms with van der Waals surface area (Å²) in [5, 5.41) is 4.61. The van der Waals surface area contributed by atoms with Crippen molar-refractivity contribution in [3.05, 3.63) is 29.3 Å². The molecule has 2 aliphatic rings. The van der Waals surface area contributed by atoms with Gasteiger partial charge in [-0.15, -0.1) is 0 Å². The van der Waals surface area contributed by atoms with Crippen LogP contribution in [0.2, 0.25) is 0 Å². The van der Waals surface area contributed by atoms with E-state index < -0.39 is 0 Å². The number of amidine groups is 1. The normalized spacial score (nSPS) is 26.5. The Morgan fingerprint density at radius 2 is 2.00 bits per heavy atom. The monoisotopic (exact) mass is 274 g/mol. The van der Waals surface area contributed by atoms with Gasteiger partial charge in [-0.3, -0.25) is 4.99 Å². The first kappa shape index (κ1) is 13.0. The third-order valence-electron chi connectivity index (χ3n) is 4.34. The number of benzene rings is 1. The molecular weight excluding hydrogens is 252 g/mol. The predicted octanol–water partition coefficient (Wildman–Crippen LogP) is 4.38. The highest BCUT2D eigenvalue weighted by Gasteiger charge is 2.29. The summed E-state index contributed by atoms with van der Waals surface area (Å²) in [5.74, 6) is 2.06. The van der Waals surface area contributed by atoms with E-state index in [0.717, 1.165) is 11.1 Å². The molecule has 3 heteroatoms. The van der Waals surface area contributed by atoms with E-state index in [-0.39, 0.29) is 0 Å². The zero-order valence-corrected chi connectivity index (χ0v) is 12.6. The van der Waals surface area contributed by atoms with Crippen LogP contribution in [0.1, 0.15) is 36.8 Å². The molecule has 2 nitrogen and oxygen atoms in total. The second-order valence-electron chi connectivity index (χ2n) is 5.78. The summed E-state index contributed by atoms with van der Waals surface area (Å²) in [6.45, 7) is 4.31. The van der Waals surface area contributed by atoms with Crippen molar-refractivity contribution in [2.75, 3.05) is 11.1 Å². The number of hydrogen-bond acceptors (Lipinski definition) is 3. The molecule has 3 rings (SSSR count). The number of rotatable bonds is 1. The van der Waals surface area contributed by atoms with E-state index in [0.29, 0.717) is 6.04 Å². The fourth-order valence-corrected chi connectivity index (χ4v) is 4.10. The first-order valence-electron chi connectivity index (χ1n) is 7.27. The van der Waals surface area contributed by atoms with Crippen LogP contribution in [0.25, 0.3) is 0 Å². The molecule has 0 amide bonds. The number of nitrogens with one attached hydrogen (secondary N) is 1. The van der Waals surface area contributed by atoms with Crippen molar-refractivity contribution < 1.29 is 0 Å². The van der Waals surface area contributed by atoms with E-state index in [1.54, 1.807) is 0 Å². The second kappa shape index (κ2) is 5.58. The lowest BCUT2D eigenvalue weighted by Gasteiger charge is -2.32. The predicted molar refractivity (Wildman–Crippen MR) is 85.2 cm³/mol. The molecule has 1 heterocycles. The maximum Gasteiger partial charge on any atom is 0.161 e. The van der Waals surface area contributed by atoms with Gasteiger partial charge in [0, 0.05) is 11.4 Å². The van der Waals surface area contributed by atoms with Gasteiger partial charge < -0.3 is 5.32 Å². The van der Waals surface area contributed by atoms with Gasteiger partial charge in [0.05, 0.1) is 6.04 Å². The Bertz CT molecular complexity index is 496. The van der Waals surface area contributed by atoms with Gasteiger partial charge in [-0.05, 0) is 55.9 Å². The molecular formula is C16H22N2S. The molecule has 2 atom stereocenters. The Morgan fingerprint density at radius 1 is 1.16 bits per heavy atom. The molecule has 1 saturated carbocycles. The molecule has 1 N–H and O–H groups in total. The number of aliphatic imine (C=N–C) groups is 1. The maximum atomic E-state index is 4.92. The van der Waals surface area contributed by atoms with E-state index in [1.165, 1.54) is 48.3 Å². The molecule has 0 aromatic heterocycles. The number of thioether (sulfide) groups is 1. The van der Waals surface area contributed by atoms with E-state index in [4.69, 9.17) is 4.99 Å². The molecule has 1 aliphatic heterocycles. The lowest BCUT2D eigenvalue weighted by Crippen LogP contribution is -2.31. The molecule has 1 aromatic carbocycles. The highest BCUT2D eigenvalue weighted by Crippen LogP contribution is 2.34. The van der Waals surface area contributed by atoms with Crippen molar-refractivity contribution >= 4 is 22.6 Å². The molecule has 0 radical (unpaired) electrons. The summed E-state index contributed by atoms with van der Waals surface area (Å²) in [7, 11) is 0. The minimum atomic E-state index is 0.573. The van der Waals surface area contributed by atoms with Gasteiger partial charge in [-0.1, -0.05) is 30.7 Å². The van der Waals surface area contributed by atoms with Gasteiger partial charge in [0.25, 0.3) is 0 Å². The smallest absolute Gasteiger partial charge is 0.161 e. The van der Waals surface area contributed by atoms with Gasteiger partial charge in [0.15, 0.2) is 5.17 Å². The van der Waals surface area contributed by atoms with Crippen LogP contribution in [0.4, 0.5) is 5.69 Å². The van der Waals surface area contributed by atoms with Crippen molar-refractivity contribution in [2.24, 2.45) is 10.9 Å². The van der Waals surface area contributed by atoms with E-state index in [1.807, 2.05) is 11.8 Å². The van der Waals surface area contributed by atoms with Crippen LogP contribution in [0.5, 0.6) is 0 Å². The highest BCUT2D eigenvalue weighted by molar-refractivity contribution is 8.14. The highest BCUT2D eigenvalue weighted by atomic mass is 32.2. The maximum absolute atomic E-state index is 4.92. The SMILES string of the molecule is Cc1ccc(NC2=NC3CCCCC3CS2)cc1C. The van der Waals surface area contributed by atoms with Crippen LogP contribution in [0, 0.1) is 19.8 Å². The van der Waals surface area contributed by atoms with E-state index in [2.05, 4.69) is 37.4 Å². The molecule has 102 valence electrons. The molecule has 1 aromatic rings. The van der Waals surface area contributed by atoms with Crippen LogP contribution in [0.15, 0.2) is 23.2 Å². The summed E-state index contributed by atoms with van der Waals surface area (Å²) >= 11 is 1.89. The average Bonchev–Trinajstić information content (AvgIpc) is 2.43. The summed E-state index contributed by atoms with van der Waals surface area (Å²) in [6, 6.07) is 7.11. The Labute approximate surface area is 120 Å². The summed E-state index contributed by atoms with van der Waals surface area (Å²) in [5.41, 5.74) is 3.85. The van der Waals surface area contributed by atoms with Gasteiger partial charge in [-0.2, -0.15) is 0 Å². The minimum Gasteiger partial charge on any atom is -0.335 e. The van der Waals surface area contributed by atoms with Crippen LogP contribution < -0.4 is 5.32 Å². The Morgan fingerprint density at radius 3 is 2.84 bits per heavy atom. The Hall–Kier alpha value is -0.960. The number of fused-ring (bicyclic) bond motifs is 1. The quantitative estimate of drug-likeness (QED) is 0.822. The molecule has 19 heavy (non-hydrogen) atoms. The minimum absolute atomic E-state index is 0.573. The van der Waals surface area contributed by atoms with Crippen LogP contribution in [-0.2, 0) is 0 Å². The fourth-order valence-electron chi connectivity index (χ4n) is 2.94. The number of nitrogens with zero attached hydrogens (tertiary/aromatic N) is 1. The first-order chi connectivity index (χ1) is 9.22. The molecule has 0 spiro atoms.